The van der Waals surface area contributed by atoms with E-state index in [0.29, 0.717) is 10.7 Å². The summed E-state index contributed by atoms with van der Waals surface area (Å²) in [5, 5.41) is 10.00. The SMILES string of the molecule is CS(=O)(Cc1ccc(Cl)nc1)=NC(=S)N(CC1c2ccccc2-c2ccccc21)C(=O)O. The highest BCUT2D eigenvalue weighted by molar-refractivity contribution is 7.93. The van der Waals surface area contributed by atoms with E-state index < -0.39 is 15.8 Å². The lowest BCUT2D eigenvalue weighted by molar-refractivity contribution is 0.168. The molecule has 4 rings (SSSR count). The van der Waals surface area contributed by atoms with E-state index in [0.717, 1.165) is 27.2 Å². The first kappa shape index (κ1) is 22.4. The van der Waals surface area contributed by atoms with Crippen molar-refractivity contribution < 1.29 is 14.1 Å². The van der Waals surface area contributed by atoms with Gasteiger partial charge >= 0.3 is 6.09 Å². The number of halogens is 1. The summed E-state index contributed by atoms with van der Waals surface area (Å²) in [7, 11) is -2.83. The van der Waals surface area contributed by atoms with E-state index in [1.54, 1.807) is 12.1 Å². The van der Waals surface area contributed by atoms with Gasteiger partial charge in [0.15, 0.2) is 0 Å². The van der Waals surface area contributed by atoms with Gasteiger partial charge in [-0.1, -0.05) is 66.2 Å². The molecule has 1 unspecified atom stereocenters. The third kappa shape index (κ3) is 4.67. The van der Waals surface area contributed by atoms with E-state index in [9.17, 15) is 14.1 Å². The molecule has 2 aromatic carbocycles. The van der Waals surface area contributed by atoms with E-state index in [4.69, 9.17) is 23.8 Å². The summed E-state index contributed by atoms with van der Waals surface area (Å²) >= 11 is 11.1. The van der Waals surface area contributed by atoms with Crippen molar-refractivity contribution >= 4 is 44.8 Å². The number of hydrogen-bond acceptors (Lipinski definition) is 4. The average molecular weight is 486 g/mol. The summed E-state index contributed by atoms with van der Waals surface area (Å²) in [6, 6.07) is 19.2. The highest BCUT2D eigenvalue weighted by Gasteiger charge is 2.32. The van der Waals surface area contributed by atoms with Crippen LogP contribution in [0.2, 0.25) is 5.15 Å². The Morgan fingerprint density at radius 1 is 1.12 bits per heavy atom. The quantitative estimate of drug-likeness (QED) is 0.394. The zero-order chi connectivity index (χ0) is 22.9. The second-order valence-electron chi connectivity index (χ2n) is 7.59. The molecule has 0 radical (unpaired) electrons. The van der Waals surface area contributed by atoms with Crippen LogP contribution in [0.4, 0.5) is 4.79 Å². The van der Waals surface area contributed by atoms with Gasteiger partial charge in [-0.3, -0.25) is 4.90 Å². The van der Waals surface area contributed by atoms with Crippen LogP contribution < -0.4 is 0 Å². The van der Waals surface area contributed by atoms with Gasteiger partial charge < -0.3 is 5.11 Å². The fourth-order valence-corrected chi connectivity index (χ4v) is 5.95. The monoisotopic (exact) mass is 485 g/mol. The average Bonchev–Trinajstić information content (AvgIpc) is 3.06. The van der Waals surface area contributed by atoms with Gasteiger partial charge in [0, 0.05) is 24.9 Å². The molecule has 0 saturated heterocycles. The van der Waals surface area contributed by atoms with Gasteiger partial charge in [-0.25, -0.2) is 14.0 Å². The van der Waals surface area contributed by atoms with E-state index in [1.165, 1.54) is 12.5 Å². The van der Waals surface area contributed by atoms with Crippen molar-refractivity contribution in [1.82, 2.24) is 9.88 Å². The maximum atomic E-state index is 13.1. The standard InChI is InChI=1S/C23H20ClN3O3S2/c1-32(30,14-15-10-11-21(24)25-12-15)26-22(31)27(23(28)29)13-20-18-8-4-2-6-16(18)17-7-3-5-9-19(17)20/h2-12,20H,13-14H2,1H3,(H,28,29). The molecule has 32 heavy (non-hydrogen) atoms. The lowest BCUT2D eigenvalue weighted by atomic mass is 9.96. The fourth-order valence-electron chi connectivity index (χ4n) is 3.92. The van der Waals surface area contributed by atoms with Crippen LogP contribution in [0.15, 0.2) is 71.2 Å². The second-order valence-corrected chi connectivity index (χ2v) is 10.7. The van der Waals surface area contributed by atoms with Crippen molar-refractivity contribution in [1.29, 1.82) is 0 Å². The number of nitrogens with zero attached hydrogens (tertiary/aromatic N) is 3. The molecular formula is C23H20ClN3O3S2. The first-order valence-electron chi connectivity index (χ1n) is 9.78. The van der Waals surface area contributed by atoms with Gasteiger partial charge in [0.2, 0.25) is 5.11 Å². The summed E-state index contributed by atoms with van der Waals surface area (Å²) in [5.74, 6) is -0.111. The number of carbonyl (C=O) groups is 1. The van der Waals surface area contributed by atoms with Crippen LogP contribution in [-0.4, -0.2) is 43.2 Å². The maximum Gasteiger partial charge on any atom is 0.413 e. The number of aromatic nitrogens is 1. The Kier molecular flexibility index (Phi) is 6.28. The predicted molar refractivity (Wildman–Crippen MR) is 130 cm³/mol. The number of benzene rings is 2. The summed E-state index contributed by atoms with van der Waals surface area (Å²) in [5.41, 5.74) is 4.90. The van der Waals surface area contributed by atoms with Crippen molar-refractivity contribution in [3.05, 3.63) is 88.7 Å². The van der Waals surface area contributed by atoms with Crippen LogP contribution in [0.25, 0.3) is 11.1 Å². The Morgan fingerprint density at radius 3 is 2.25 bits per heavy atom. The summed E-state index contributed by atoms with van der Waals surface area (Å²) in [6.07, 6.45) is 1.74. The molecule has 1 aliphatic rings. The fraction of sp³-hybridized carbons (Fsp3) is 0.174. The van der Waals surface area contributed by atoms with Crippen LogP contribution >= 0.6 is 23.8 Å². The Bertz CT molecular complexity index is 1270. The third-order valence-electron chi connectivity index (χ3n) is 5.28. The minimum Gasteiger partial charge on any atom is -0.465 e. The van der Waals surface area contributed by atoms with Gasteiger partial charge in [-0.15, -0.1) is 0 Å². The summed E-state index contributed by atoms with van der Waals surface area (Å²) in [4.78, 5) is 17.1. The lowest BCUT2D eigenvalue weighted by Crippen LogP contribution is -2.37. The third-order valence-corrected chi connectivity index (χ3v) is 7.36. The predicted octanol–water partition coefficient (Wildman–Crippen LogP) is 5.41. The van der Waals surface area contributed by atoms with Gasteiger partial charge in [-0.05, 0) is 46.1 Å². The minimum absolute atomic E-state index is 0.0832. The lowest BCUT2D eigenvalue weighted by Gasteiger charge is -2.23. The zero-order valence-corrected chi connectivity index (χ0v) is 19.5. The van der Waals surface area contributed by atoms with Crippen LogP contribution in [0.3, 0.4) is 0 Å². The molecule has 1 heterocycles. The molecule has 3 aromatic rings. The number of pyridine rings is 1. The van der Waals surface area contributed by atoms with Gasteiger partial charge in [0.05, 0.1) is 15.5 Å². The van der Waals surface area contributed by atoms with E-state index >= 15 is 0 Å². The number of rotatable bonds is 4. The van der Waals surface area contributed by atoms with E-state index in [1.807, 2.05) is 48.5 Å². The molecule has 0 fully saturated rings. The molecule has 1 N–H and O–H groups in total. The second kappa shape index (κ2) is 8.97. The Morgan fingerprint density at radius 2 is 1.72 bits per heavy atom. The molecule has 0 aliphatic heterocycles. The van der Waals surface area contributed by atoms with Crippen molar-refractivity contribution in [3.63, 3.8) is 0 Å². The maximum absolute atomic E-state index is 13.1. The first-order chi connectivity index (χ1) is 15.2. The van der Waals surface area contributed by atoms with Crippen molar-refractivity contribution in [2.24, 2.45) is 4.36 Å². The Balaban J connectivity index is 1.62. The van der Waals surface area contributed by atoms with Crippen LogP contribution in [0, 0.1) is 0 Å². The molecule has 9 heteroatoms. The highest BCUT2D eigenvalue weighted by atomic mass is 35.5. The summed E-state index contributed by atoms with van der Waals surface area (Å²) < 4.78 is 17.2. The molecule has 1 amide bonds. The molecule has 0 spiro atoms. The minimum atomic E-state index is -2.83. The zero-order valence-electron chi connectivity index (χ0n) is 17.1. The van der Waals surface area contributed by atoms with Crippen molar-refractivity contribution in [3.8, 4) is 11.1 Å². The summed E-state index contributed by atoms with van der Waals surface area (Å²) in [6.45, 7) is 0.0870. The molecule has 164 valence electrons. The number of carboxylic acid groups (broad SMARTS) is 1. The van der Waals surface area contributed by atoms with Gasteiger partial charge in [-0.2, -0.15) is 4.36 Å². The number of thiocarbonyl (C=S) groups is 1. The topological polar surface area (TPSA) is 82.9 Å². The molecule has 0 saturated carbocycles. The number of amides is 1. The molecular weight excluding hydrogens is 466 g/mol. The van der Waals surface area contributed by atoms with Crippen LogP contribution in [0.5, 0.6) is 0 Å². The molecule has 1 atom stereocenters. The molecule has 1 aromatic heterocycles. The van der Waals surface area contributed by atoms with Crippen molar-refractivity contribution in [2.75, 3.05) is 12.8 Å². The largest absolute Gasteiger partial charge is 0.465 e. The van der Waals surface area contributed by atoms with Crippen molar-refractivity contribution in [2.45, 2.75) is 11.7 Å². The number of fused-ring (bicyclic) bond motifs is 3. The Labute approximate surface area is 197 Å². The van der Waals surface area contributed by atoms with E-state index in [2.05, 4.69) is 9.35 Å². The molecule has 1 aliphatic carbocycles. The van der Waals surface area contributed by atoms with Gasteiger partial charge in [0.1, 0.15) is 5.15 Å². The normalized spacial score (nSPS) is 14.2. The van der Waals surface area contributed by atoms with Crippen LogP contribution in [-0.2, 0) is 15.5 Å². The highest BCUT2D eigenvalue weighted by Crippen LogP contribution is 2.44. The van der Waals surface area contributed by atoms with E-state index in [-0.39, 0.29) is 23.3 Å². The Hall–Kier alpha value is -2.81. The first-order valence-corrected chi connectivity index (χ1v) is 12.7. The molecule has 0 bridgehead atoms. The number of hydrogen-bond donors (Lipinski definition) is 1. The molecule has 6 nitrogen and oxygen atoms in total. The van der Waals surface area contributed by atoms with Crippen LogP contribution in [0.1, 0.15) is 22.6 Å². The van der Waals surface area contributed by atoms with Gasteiger partial charge in [0.25, 0.3) is 0 Å². The smallest absolute Gasteiger partial charge is 0.413 e.